The van der Waals surface area contributed by atoms with Crippen LogP contribution in [0.4, 0.5) is 0 Å². The summed E-state index contributed by atoms with van der Waals surface area (Å²) in [4.78, 5) is 0. The molecule has 0 aromatic rings. The maximum Gasteiger partial charge on any atom is -0.0264 e. The Morgan fingerprint density at radius 3 is 1.97 bits per heavy atom. The van der Waals surface area contributed by atoms with Crippen LogP contribution in [-0.2, 0) is 0 Å². The van der Waals surface area contributed by atoms with E-state index in [-0.39, 0.29) is 0 Å². The van der Waals surface area contributed by atoms with Crippen molar-refractivity contribution in [3.63, 3.8) is 0 Å². The predicted octanol–water partition coefficient (Wildman–Crippen LogP) is 11.7. The Bertz CT molecular complexity index is 584. The van der Waals surface area contributed by atoms with Crippen LogP contribution < -0.4 is 0 Å². The summed E-state index contributed by atoms with van der Waals surface area (Å²) in [6.07, 6.45) is 27.2. The second kappa shape index (κ2) is 16.9. The van der Waals surface area contributed by atoms with E-state index in [2.05, 4.69) is 61.0 Å². The molecule has 4 fully saturated rings. The summed E-state index contributed by atoms with van der Waals surface area (Å²) in [5, 5.41) is 0. The fraction of sp³-hybridized carbons (Fsp3) is 0.886. The number of hydrogen-bond donors (Lipinski definition) is 0. The van der Waals surface area contributed by atoms with Crippen molar-refractivity contribution in [1.29, 1.82) is 0 Å². The zero-order valence-electron chi connectivity index (χ0n) is 26.0. The van der Waals surface area contributed by atoms with E-state index in [0.717, 1.165) is 35.5 Å². The minimum atomic E-state index is 0.646. The van der Waals surface area contributed by atoms with E-state index in [1.807, 2.05) is 27.7 Å². The van der Waals surface area contributed by atoms with Gasteiger partial charge in [0.1, 0.15) is 0 Å². The van der Waals surface area contributed by atoms with Gasteiger partial charge in [-0.3, -0.25) is 0 Å². The van der Waals surface area contributed by atoms with E-state index in [1.54, 1.807) is 38.5 Å². The first-order valence-corrected chi connectivity index (χ1v) is 15.8. The van der Waals surface area contributed by atoms with Gasteiger partial charge in [0.05, 0.1) is 0 Å². The third-order valence-corrected chi connectivity index (χ3v) is 10.4. The lowest BCUT2D eigenvalue weighted by molar-refractivity contribution is -0.114. The molecule has 0 bridgehead atoms. The van der Waals surface area contributed by atoms with E-state index in [9.17, 15) is 0 Å². The van der Waals surface area contributed by atoms with E-state index in [1.165, 1.54) is 50.5 Å². The highest BCUT2D eigenvalue weighted by atomic mass is 14.6. The van der Waals surface area contributed by atoms with Crippen LogP contribution in [0.3, 0.4) is 0 Å². The van der Waals surface area contributed by atoms with Gasteiger partial charge in [0.2, 0.25) is 0 Å². The van der Waals surface area contributed by atoms with Gasteiger partial charge in [-0.2, -0.15) is 0 Å². The van der Waals surface area contributed by atoms with Crippen molar-refractivity contribution in [2.24, 2.45) is 46.3 Å². The molecule has 35 heavy (non-hydrogen) atoms. The van der Waals surface area contributed by atoms with Crippen LogP contribution in [0.15, 0.2) is 12.2 Å². The second-order valence-corrected chi connectivity index (χ2v) is 12.3. The Morgan fingerprint density at radius 1 is 0.829 bits per heavy atom. The van der Waals surface area contributed by atoms with Crippen LogP contribution in [0.5, 0.6) is 0 Å². The number of allylic oxidation sites excluding steroid dienone is 1. The number of rotatable bonds is 4. The highest BCUT2D eigenvalue weighted by Crippen LogP contribution is 2.68. The standard InChI is InChI=1S/C26H44.C3H8.2C2H6.C2H2/c1-18(2)9-10-19(3)22-13-14-23-21-12-11-20-8-6-7-16-25(20,4)24(21)15-17-26(22,23)5;1-3-2;3*1-2/h19-24H,1,6-17H2,2-5H3;3H2,1-2H3;2*1-2H3;1-2H. The topological polar surface area (TPSA) is 0 Å². The average Bonchev–Trinajstić information content (AvgIpc) is 3.23. The molecule has 4 aliphatic rings. The van der Waals surface area contributed by atoms with Crippen molar-refractivity contribution in [2.45, 2.75) is 153 Å². The lowest BCUT2D eigenvalue weighted by atomic mass is 9.44. The second-order valence-electron chi connectivity index (χ2n) is 12.3. The summed E-state index contributed by atoms with van der Waals surface area (Å²) in [7, 11) is 0. The van der Waals surface area contributed by atoms with Crippen molar-refractivity contribution < 1.29 is 0 Å². The molecule has 4 saturated carbocycles. The van der Waals surface area contributed by atoms with Crippen LogP contribution >= 0.6 is 0 Å². The maximum absolute atomic E-state index is 4.15. The van der Waals surface area contributed by atoms with Gasteiger partial charge in [0.15, 0.2) is 0 Å². The van der Waals surface area contributed by atoms with E-state index in [0.29, 0.717) is 10.8 Å². The summed E-state index contributed by atoms with van der Waals surface area (Å²) in [6, 6.07) is 0. The fourth-order valence-corrected chi connectivity index (χ4v) is 8.95. The molecule has 0 heteroatoms. The summed E-state index contributed by atoms with van der Waals surface area (Å²) in [5.74, 6) is 6.09. The van der Waals surface area contributed by atoms with Gasteiger partial charge in [-0.05, 0) is 117 Å². The van der Waals surface area contributed by atoms with E-state index < -0.39 is 0 Å². The smallest absolute Gasteiger partial charge is 0.0264 e. The fourth-order valence-electron chi connectivity index (χ4n) is 8.95. The molecule has 8 atom stereocenters. The molecule has 8 unspecified atom stereocenters. The van der Waals surface area contributed by atoms with E-state index in [4.69, 9.17) is 0 Å². The van der Waals surface area contributed by atoms with Crippen molar-refractivity contribution in [1.82, 2.24) is 0 Å². The molecule has 4 rings (SSSR count). The maximum atomic E-state index is 4.15. The van der Waals surface area contributed by atoms with Gasteiger partial charge >= 0.3 is 0 Å². The molecule has 0 nitrogen and oxygen atoms in total. The van der Waals surface area contributed by atoms with Crippen LogP contribution in [0.2, 0.25) is 0 Å². The van der Waals surface area contributed by atoms with Gasteiger partial charge in [-0.15, -0.1) is 19.4 Å². The highest BCUT2D eigenvalue weighted by molar-refractivity contribution is 5.09. The first-order valence-electron chi connectivity index (χ1n) is 15.8. The van der Waals surface area contributed by atoms with Crippen molar-refractivity contribution in [3.8, 4) is 12.8 Å². The summed E-state index contributed by atoms with van der Waals surface area (Å²) < 4.78 is 0. The molecule has 206 valence electrons. The number of fused-ring (bicyclic) bond motifs is 5. The lowest BCUT2D eigenvalue weighted by Gasteiger charge is -2.61. The van der Waals surface area contributed by atoms with Crippen LogP contribution in [0, 0.1) is 59.2 Å². The largest absolute Gasteiger partial charge is 0.124 e. The van der Waals surface area contributed by atoms with Gasteiger partial charge < -0.3 is 0 Å². The zero-order chi connectivity index (χ0) is 27.2. The quantitative estimate of drug-likeness (QED) is 0.274. The Labute approximate surface area is 223 Å². The SMILES string of the molecule is C#C.C=C(C)CCC(C)C1CCC2C3CCC4CCCCC4(C)C3CCC12C.CC.CC.CCC. The molecular formula is C35H66. The van der Waals surface area contributed by atoms with Gasteiger partial charge in [-0.25, -0.2) is 0 Å². The van der Waals surface area contributed by atoms with Crippen LogP contribution in [0.25, 0.3) is 0 Å². The number of hydrogen-bond acceptors (Lipinski definition) is 0. The molecule has 0 aliphatic heterocycles. The molecule has 4 aliphatic carbocycles. The normalized spacial score (nSPS) is 37.3. The first kappa shape index (κ1) is 34.3. The molecule has 0 saturated heterocycles. The lowest BCUT2D eigenvalue weighted by Crippen LogP contribution is -2.53. The third-order valence-electron chi connectivity index (χ3n) is 10.4. The van der Waals surface area contributed by atoms with Crippen LogP contribution in [0.1, 0.15) is 153 Å². The van der Waals surface area contributed by atoms with Crippen molar-refractivity contribution in [2.75, 3.05) is 0 Å². The molecule has 0 radical (unpaired) electrons. The Morgan fingerprint density at radius 2 is 1.40 bits per heavy atom. The Hall–Kier alpha value is -0.700. The molecule has 0 amide bonds. The monoisotopic (exact) mass is 487 g/mol. The van der Waals surface area contributed by atoms with Gasteiger partial charge in [0, 0.05) is 0 Å². The molecule has 0 aromatic heterocycles. The number of terminal acetylenes is 1. The molecule has 0 aromatic carbocycles. The molecule has 0 heterocycles. The molecular weight excluding hydrogens is 420 g/mol. The Kier molecular flexibility index (Phi) is 16.6. The highest BCUT2D eigenvalue weighted by Gasteiger charge is 2.59. The zero-order valence-corrected chi connectivity index (χ0v) is 26.0. The van der Waals surface area contributed by atoms with Crippen molar-refractivity contribution >= 4 is 0 Å². The third kappa shape index (κ3) is 7.89. The summed E-state index contributed by atoms with van der Waals surface area (Å²) >= 11 is 0. The molecule has 0 spiro atoms. The van der Waals surface area contributed by atoms with Gasteiger partial charge in [0.25, 0.3) is 0 Å². The first-order chi connectivity index (χ1) is 16.8. The molecule has 0 N–H and O–H groups in total. The predicted molar refractivity (Wildman–Crippen MR) is 162 cm³/mol. The Balaban J connectivity index is 0.00000115. The average molecular weight is 487 g/mol. The minimum absolute atomic E-state index is 0.646. The van der Waals surface area contributed by atoms with Gasteiger partial charge in [-0.1, -0.05) is 87.1 Å². The summed E-state index contributed by atoms with van der Waals surface area (Å²) in [5.41, 5.74) is 2.73. The van der Waals surface area contributed by atoms with Crippen molar-refractivity contribution in [3.05, 3.63) is 12.2 Å². The summed E-state index contributed by atoms with van der Waals surface area (Å²) in [6.45, 7) is 26.6. The van der Waals surface area contributed by atoms with Crippen LogP contribution in [-0.4, -0.2) is 0 Å². The minimum Gasteiger partial charge on any atom is -0.124 e. The van der Waals surface area contributed by atoms with E-state index >= 15 is 0 Å².